The summed E-state index contributed by atoms with van der Waals surface area (Å²) in [6.45, 7) is 0.480. The molecule has 0 N–H and O–H groups in total. The molecule has 2 aromatic heterocycles. The Morgan fingerprint density at radius 3 is 2.58 bits per heavy atom. The van der Waals surface area contributed by atoms with Crippen LogP contribution in [0.15, 0.2) is 66.9 Å². The molecule has 0 unspecified atom stereocenters. The fraction of sp³-hybridized carbons (Fsp3) is 0.185. The van der Waals surface area contributed by atoms with Gasteiger partial charge < -0.3 is 14.5 Å². The lowest BCUT2D eigenvalue weighted by Crippen LogP contribution is -2.65. The zero-order valence-corrected chi connectivity index (χ0v) is 19.2. The van der Waals surface area contributed by atoms with Crippen LogP contribution in [-0.2, 0) is 21.5 Å². The van der Waals surface area contributed by atoms with Crippen molar-refractivity contribution < 1.29 is 23.1 Å². The van der Waals surface area contributed by atoms with E-state index in [2.05, 4.69) is 9.97 Å². The minimum atomic E-state index is -0.952. The van der Waals surface area contributed by atoms with Gasteiger partial charge in [-0.1, -0.05) is 42.5 Å². The van der Waals surface area contributed by atoms with Gasteiger partial charge >= 0.3 is 6.09 Å². The van der Waals surface area contributed by atoms with Crippen LogP contribution in [-0.4, -0.2) is 47.1 Å². The molecule has 2 aliphatic heterocycles. The first-order valence-corrected chi connectivity index (χ1v) is 11.4. The Labute approximate surface area is 204 Å². The minimum absolute atomic E-state index is 0.0623. The molecule has 7 nitrogen and oxygen atoms in total. The lowest BCUT2D eigenvalue weighted by Gasteiger charge is -2.45. The van der Waals surface area contributed by atoms with Crippen molar-refractivity contribution in [3.05, 3.63) is 90.0 Å². The molecule has 9 heteroatoms. The van der Waals surface area contributed by atoms with E-state index in [0.717, 1.165) is 17.0 Å². The number of rotatable bonds is 3. The normalized spacial score (nSPS) is 15.8. The van der Waals surface area contributed by atoms with Crippen LogP contribution in [0.2, 0.25) is 0 Å². The molecule has 4 heterocycles. The fourth-order valence-electron chi connectivity index (χ4n) is 5.30. The van der Waals surface area contributed by atoms with Crippen LogP contribution < -0.4 is 4.90 Å². The number of carbonyl (C=O) groups is 2. The molecule has 2 amide bonds. The number of pyridine rings is 2. The topological polar surface area (TPSA) is 75.6 Å². The zero-order chi connectivity index (χ0) is 25.0. The number of hydrogen-bond acceptors (Lipinski definition) is 5. The van der Waals surface area contributed by atoms with Gasteiger partial charge in [0.1, 0.15) is 5.41 Å². The van der Waals surface area contributed by atoms with Crippen LogP contribution >= 0.6 is 0 Å². The molecule has 0 radical (unpaired) electrons. The van der Waals surface area contributed by atoms with Gasteiger partial charge in [-0.2, -0.15) is 13.8 Å². The van der Waals surface area contributed by atoms with Gasteiger partial charge in [-0.3, -0.25) is 9.78 Å². The number of nitrogens with zero attached hydrogens (tertiary/aromatic N) is 4. The SMILES string of the molecule is COC(=O)N1CC2(C1)C(=O)N(Cc1ncc3ccccc3c1-c1ccc(F)nc1F)c1ccccc12. The molecule has 1 fully saturated rings. The molecular weight excluding hydrogens is 466 g/mol. The molecule has 4 aromatic rings. The van der Waals surface area contributed by atoms with Crippen molar-refractivity contribution in [2.75, 3.05) is 25.1 Å². The summed E-state index contributed by atoms with van der Waals surface area (Å²) in [4.78, 5) is 36.9. The summed E-state index contributed by atoms with van der Waals surface area (Å²) in [5, 5.41) is 1.49. The molecule has 0 atom stereocenters. The van der Waals surface area contributed by atoms with E-state index in [9.17, 15) is 18.4 Å². The number of benzene rings is 2. The third-order valence-corrected chi connectivity index (χ3v) is 6.99. The van der Waals surface area contributed by atoms with Gasteiger partial charge in [0.25, 0.3) is 0 Å². The first-order valence-electron chi connectivity index (χ1n) is 11.4. The number of carbonyl (C=O) groups excluding carboxylic acids is 2. The predicted molar refractivity (Wildman–Crippen MR) is 128 cm³/mol. The highest BCUT2D eigenvalue weighted by Crippen LogP contribution is 2.48. The predicted octanol–water partition coefficient (Wildman–Crippen LogP) is 4.44. The Morgan fingerprint density at radius 1 is 1.06 bits per heavy atom. The van der Waals surface area contributed by atoms with Crippen LogP contribution in [0.4, 0.5) is 19.3 Å². The summed E-state index contributed by atoms with van der Waals surface area (Å²) in [5.74, 6) is -2.04. The summed E-state index contributed by atoms with van der Waals surface area (Å²) in [5.41, 5.74) is 1.67. The molecule has 2 aromatic carbocycles. The highest BCUT2D eigenvalue weighted by Gasteiger charge is 2.59. The third-order valence-electron chi connectivity index (χ3n) is 6.99. The molecule has 2 aliphatic rings. The first kappa shape index (κ1) is 22.1. The maximum Gasteiger partial charge on any atom is 0.409 e. The number of ether oxygens (including phenoxy) is 1. The van der Waals surface area contributed by atoms with E-state index in [1.165, 1.54) is 18.1 Å². The zero-order valence-electron chi connectivity index (χ0n) is 19.2. The Kier molecular flexibility index (Phi) is 4.96. The van der Waals surface area contributed by atoms with Gasteiger partial charge in [-0.25, -0.2) is 4.79 Å². The number of anilines is 1. The smallest absolute Gasteiger partial charge is 0.409 e. The maximum absolute atomic E-state index is 14.9. The van der Waals surface area contributed by atoms with E-state index < -0.39 is 23.4 Å². The number of amides is 2. The van der Waals surface area contributed by atoms with Crippen LogP contribution in [0, 0.1) is 11.9 Å². The highest BCUT2D eigenvalue weighted by molar-refractivity contribution is 6.10. The van der Waals surface area contributed by atoms with Gasteiger partial charge in [-0.05, 0) is 29.1 Å². The van der Waals surface area contributed by atoms with E-state index in [1.54, 1.807) is 11.1 Å². The van der Waals surface area contributed by atoms with Crippen molar-refractivity contribution in [3.8, 4) is 11.1 Å². The highest BCUT2D eigenvalue weighted by atomic mass is 19.1. The van der Waals surface area contributed by atoms with Crippen molar-refractivity contribution in [1.82, 2.24) is 14.9 Å². The number of likely N-dealkylation sites (tertiary alicyclic amines) is 1. The average molecular weight is 486 g/mol. The molecular formula is C27H20F2N4O3. The monoisotopic (exact) mass is 486 g/mol. The number of aromatic nitrogens is 2. The molecule has 36 heavy (non-hydrogen) atoms. The fourth-order valence-corrected chi connectivity index (χ4v) is 5.30. The van der Waals surface area contributed by atoms with Gasteiger partial charge in [-0.15, -0.1) is 0 Å². The summed E-state index contributed by atoms with van der Waals surface area (Å²) in [6, 6.07) is 17.2. The number of methoxy groups -OCH3 is 1. The van der Waals surface area contributed by atoms with Crippen molar-refractivity contribution in [1.29, 1.82) is 0 Å². The van der Waals surface area contributed by atoms with Crippen molar-refractivity contribution in [2.24, 2.45) is 0 Å². The summed E-state index contributed by atoms with van der Waals surface area (Å²) >= 11 is 0. The van der Waals surface area contributed by atoms with Crippen LogP contribution in [0.5, 0.6) is 0 Å². The van der Waals surface area contributed by atoms with Crippen molar-refractivity contribution in [2.45, 2.75) is 12.0 Å². The quantitative estimate of drug-likeness (QED) is 0.400. The van der Waals surface area contributed by atoms with E-state index in [1.807, 2.05) is 48.5 Å². The molecule has 0 aliphatic carbocycles. The number of halogens is 2. The summed E-state index contributed by atoms with van der Waals surface area (Å²) < 4.78 is 33.3. The second kappa shape index (κ2) is 8.08. The second-order valence-electron chi connectivity index (χ2n) is 8.96. The Balaban J connectivity index is 1.46. The van der Waals surface area contributed by atoms with Crippen molar-refractivity contribution in [3.63, 3.8) is 0 Å². The molecule has 180 valence electrons. The van der Waals surface area contributed by atoms with E-state index in [-0.39, 0.29) is 31.1 Å². The molecule has 1 spiro atoms. The molecule has 1 saturated heterocycles. The summed E-state index contributed by atoms with van der Waals surface area (Å²) in [6.07, 6.45) is 1.19. The van der Waals surface area contributed by atoms with Gasteiger partial charge in [0.05, 0.1) is 19.3 Å². The van der Waals surface area contributed by atoms with Crippen LogP contribution in [0.1, 0.15) is 11.3 Å². The Morgan fingerprint density at radius 2 is 1.81 bits per heavy atom. The van der Waals surface area contributed by atoms with E-state index >= 15 is 0 Å². The van der Waals surface area contributed by atoms with Gasteiger partial charge in [0, 0.05) is 41.5 Å². The van der Waals surface area contributed by atoms with Crippen molar-refractivity contribution >= 4 is 28.5 Å². The number of para-hydroxylation sites is 1. The maximum atomic E-state index is 14.9. The Hall–Kier alpha value is -4.40. The van der Waals surface area contributed by atoms with Gasteiger partial charge in [0.15, 0.2) is 0 Å². The average Bonchev–Trinajstić information content (AvgIpc) is 3.11. The largest absolute Gasteiger partial charge is 0.453 e. The lowest BCUT2D eigenvalue weighted by molar-refractivity contribution is -0.128. The lowest BCUT2D eigenvalue weighted by atomic mass is 9.75. The number of fused-ring (bicyclic) bond motifs is 3. The van der Waals surface area contributed by atoms with Crippen LogP contribution in [0.3, 0.4) is 0 Å². The second-order valence-corrected chi connectivity index (χ2v) is 8.96. The first-order chi connectivity index (χ1) is 17.4. The summed E-state index contributed by atoms with van der Waals surface area (Å²) in [7, 11) is 1.31. The Bertz CT molecular complexity index is 1550. The van der Waals surface area contributed by atoms with Gasteiger partial charge in [0.2, 0.25) is 17.8 Å². The van der Waals surface area contributed by atoms with E-state index in [4.69, 9.17) is 4.74 Å². The third kappa shape index (κ3) is 3.16. The molecule has 0 saturated carbocycles. The van der Waals surface area contributed by atoms with Crippen LogP contribution in [0.25, 0.3) is 21.9 Å². The number of hydrogen-bond donors (Lipinski definition) is 0. The minimum Gasteiger partial charge on any atom is -0.453 e. The van der Waals surface area contributed by atoms with E-state index in [0.29, 0.717) is 22.3 Å². The molecule has 6 rings (SSSR count). The standard InChI is InChI=1S/C27H20F2N4O3/c1-36-26(35)32-14-27(15-32)19-8-4-5-9-21(19)33(25(27)34)13-20-23(18-10-11-22(28)31-24(18)29)17-7-3-2-6-16(17)12-30-20/h2-12H,13-15H2,1H3. The molecule has 0 bridgehead atoms.